The van der Waals surface area contributed by atoms with Crippen LogP contribution in [-0.2, 0) is 11.8 Å². The maximum absolute atomic E-state index is 14.4. The molecule has 42 heavy (non-hydrogen) atoms. The monoisotopic (exact) mass is 574 g/mol. The first-order chi connectivity index (χ1) is 20.4. The molecule has 5 heterocycles. The first kappa shape index (κ1) is 26.9. The van der Waals surface area contributed by atoms with Gasteiger partial charge in [-0.2, -0.15) is 10.1 Å². The highest BCUT2D eigenvalue weighted by atomic mass is 19.3. The van der Waals surface area contributed by atoms with Gasteiger partial charge in [0.05, 0.1) is 43.5 Å². The van der Waals surface area contributed by atoms with E-state index in [1.54, 1.807) is 31.3 Å². The van der Waals surface area contributed by atoms with E-state index in [9.17, 15) is 14.0 Å². The maximum atomic E-state index is 14.4. The zero-order valence-corrected chi connectivity index (χ0v) is 22.5. The van der Waals surface area contributed by atoms with Crippen LogP contribution in [0.3, 0.4) is 0 Å². The van der Waals surface area contributed by atoms with Gasteiger partial charge in [0, 0.05) is 12.7 Å². The Morgan fingerprint density at radius 2 is 2.00 bits per heavy atom. The van der Waals surface area contributed by atoms with Crippen molar-refractivity contribution in [2.75, 3.05) is 24.4 Å². The van der Waals surface area contributed by atoms with Gasteiger partial charge in [0.1, 0.15) is 23.6 Å². The summed E-state index contributed by atoms with van der Waals surface area (Å²) in [5, 5.41) is 27.8. The predicted octanol–water partition coefficient (Wildman–Crippen LogP) is 4.42. The number of nitrogens with zero attached hydrogens (tertiary/aromatic N) is 10. The van der Waals surface area contributed by atoms with Gasteiger partial charge in [0.2, 0.25) is 5.82 Å². The van der Waals surface area contributed by atoms with Gasteiger partial charge in [0.25, 0.3) is 6.43 Å². The molecule has 1 aromatic carbocycles. The lowest BCUT2D eigenvalue weighted by Crippen LogP contribution is -2.20. The molecule has 4 aromatic heterocycles. The number of imidazole rings is 1. The van der Waals surface area contributed by atoms with E-state index in [4.69, 9.17) is 9.47 Å². The lowest BCUT2D eigenvalue weighted by Gasteiger charge is -2.25. The number of aryl methyl sites for hydroxylation is 1. The summed E-state index contributed by atoms with van der Waals surface area (Å²) in [7, 11) is 3.15. The van der Waals surface area contributed by atoms with E-state index < -0.39 is 18.5 Å². The minimum Gasteiger partial charge on any atom is -0.494 e. The molecule has 0 saturated carbocycles. The molecule has 1 aliphatic heterocycles. The number of para-hydroxylation sites is 1. The topological polar surface area (TPSA) is 166 Å². The molecule has 0 amide bonds. The van der Waals surface area contributed by atoms with Crippen LogP contribution in [0.25, 0.3) is 22.6 Å². The number of ether oxygens (including phenoxy) is 2. The van der Waals surface area contributed by atoms with Crippen molar-refractivity contribution in [1.29, 1.82) is 5.26 Å². The van der Waals surface area contributed by atoms with Crippen LogP contribution in [0.4, 0.5) is 31.8 Å². The quantitative estimate of drug-likeness (QED) is 0.268. The molecule has 214 valence electrons. The van der Waals surface area contributed by atoms with E-state index in [0.29, 0.717) is 41.5 Å². The molecular formula is C26H24F2N12O2. The second-order valence-electron chi connectivity index (χ2n) is 9.33. The number of halogens is 2. The SMILES string of the molecule is COc1c(Nc2cc(Nc3cncc(C#N)n3)nc3c2nc(C(F)F)n3C2CCCCO2)cccc1-c1nnn(C)n1. The Hall–Kier alpha value is -5.30. The highest BCUT2D eigenvalue weighted by Gasteiger charge is 2.29. The molecule has 0 aliphatic carbocycles. The average Bonchev–Trinajstić information content (AvgIpc) is 3.61. The largest absolute Gasteiger partial charge is 0.494 e. The van der Waals surface area contributed by atoms with Crippen molar-refractivity contribution in [3.8, 4) is 23.2 Å². The summed E-state index contributed by atoms with van der Waals surface area (Å²) in [4.78, 5) is 18.5. The molecule has 0 radical (unpaired) electrons. The van der Waals surface area contributed by atoms with Gasteiger partial charge in [-0.15, -0.1) is 10.2 Å². The zero-order valence-electron chi connectivity index (χ0n) is 22.5. The van der Waals surface area contributed by atoms with Crippen molar-refractivity contribution in [2.45, 2.75) is 31.9 Å². The van der Waals surface area contributed by atoms with Gasteiger partial charge in [-0.05, 0) is 36.6 Å². The summed E-state index contributed by atoms with van der Waals surface area (Å²) >= 11 is 0. The fourth-order valence-corrected chi connectivity index (χ4v) is 4.78. The van der Waals surface area contributed by atoms with E-state index in [2.05, 4.69) is 46.0 Å². The van der Waals surface area contributed by atoms with Crippen LogP contribution in [0, 0.1) is 11.3 Å². The zero-order chi connectivity index (χ0) is 29.2. The van der Waals surface area contributed by atoms with Crippen LogP contribution < -0.4 is 15.4 Å². The number of methoxy groups -OCH3 is 1. The van der Waals surface area contributed by atoms with E-state index in [1.165, 1.54) is 28.9 Å². The molecule has 0 spiro atoms. The van der Waals surface area contributed by atoms with Crippen molar-refractivity contribution in [3.05, 3.63) is 48.2 Å². The first-order valence-electron chi connectivity index (χ1n) is 13.0. The second kappa shape index (κ2) is 11.3. The van der Waals surface area contributed by atoms with Crippen LogP contribution in [-0.4, -0.2) is 58.4 Å². The summed E-state index contributed by atoms with van der Waals surface area (Å²) in [5.74, 6) is 0.782. The van der Waals surface area contributed by atoms with Crippen LogP contribution in [0.2, 0.25) is 0 Å². The van der Waals surface area contributed by atoms with Gasteiger partial charge in [-0.1, -0.05) is 6.07 Å². The maximum Gasteiger partial charge on any atom is 0.295 e. The molecule has 5 aromatic rings. The Morgan fingerprint density at radius 1 is 1.12 bits per heavy atom. The van der Waals surface area contributed by atoms with Gasteiger partial charge in [-0.25, -0.2) is 23.7 Å². The van der Waals surface area contributed by atoms with Crippen molar-refractivity contribution in [3.63, 3.8) is 0 Å². The van der Waals surface area contributed by atoms with Crippen molar-refractivity contribution < 1.29 is 18.3 Å². The number of tetrazole rings is 1. The number of benzene rings is 1. The average molecular weight is 575 g/mol. The summed E-state index contributed by atoms with van der Waals surface area (Å²) in [5.41, 5.74) is 1.89. The molecule has 1 fully saturated rings. The van der Waals surface area contributed by atoms with E-state index in [0.717, 1.165) is 12.8 Å². The number of hydrogen-bond acceptors (Lipinski definition) is 12. The van der Waals surface area contributed by atoms with E-state index in [-0.39, 0.29) is 28.5 Å². The Kier molecular flexibility index (Phi) is 7.23. The molecule has 1 atom stereocenters. The fraction of sp³-hybridized carbons (Fsp3) is 0.308. The highest BCUT2D eigenvalue weighted by Crippen LogP contribution is 2.40. The smallest absolute Gasteiger partial charge is 0.295 e. The number of anilines is 4. The number of nitrogens with one attached hydrogen (secondary N) is 2. The number of alkyl halides is 2. The summed E-state index contributed by atoms with van der Waals surface area (Å²) in [6, 6.07) is 8.85. The Balaban J connectivity index is 1.51. The highest BCUT2D eigenvalue weighted by molar-refractivity contribution is 5.92. The minimum atomic E-state index is -2.88. The molecule has 14 nitrogen and oxygen atoms in total. The lowest BCUT2D eigenvalue weighted by molar-refractivity contribution is -0.0363. The number of nitriles is 1. The van der Waals surface area contributed by atoms with Crippen molar-refractivity contribution in [2.24, 2.45) is 7.05 Å². The van der Waals surface area contributed by atoms with Crippen LogP contribution in [0.1, 0.15) is 43.4 Å². The molecule has 1 unspecified atom stereocenters. The number of rotatable bonds is 8. The van der Waals surface area contributed by atoms with Crippen LogP contribution in [0.15, 0.2) is 36.7 Å². The third-order valence-corrected chi connectivity index (χ3v) is 6.56. The molecule has 1 aliphatic rings. The molecule has 0 bridgehead atoms. The number of hydrogen-bond donors (Lipinski definition) is 2. The normalized spacial score (nSPS) is 15.1. The van der Waals surface area contributed by atoms with Gasteiger partial charge >= 0.3 is 0 Å². The molecule has 16 heteroatoms. The standard InChI is InChI=1S/C26H24F2N12O2/c1-39-37-24(36-38-39)15-6-5-7-16(22(15)41-2)32-17-10-18(33-19-13-30-12-14(11-29)31-19)34-25-21(17)35-26(23(27)28)40(25)20-8-3-4-9-42-20/h5-7,10,12-13,20,23H,3-4,8-9H2,1-2H3,(H2,31,32,33,34). The molecular weight excluding hydrogens is 550 g/mol. The Bertz CT molecular complexity index is 1790. The van der Waals surface area contributed by atoms with Gasteiger partial charge in [-0.3, -0.25) is 9.55 Å². The number of aromatic nitrogens is 9. The Labute approximate surface area is 237 Å². The second-order valence-corrected chi connectivity index (χ2v) is 9.33. The van der Waals surface area contributed by atoms with Crippen molar-refractivity contribution >= 4 is 34.2 Å². The molecule has 2 N–H and O–H groups in total. The first-order valence-corrected chi connectivity index (χ1v) is 13.0. The number of pyridine rings is 1. The Morgan fingerprint density at radius 3 is 2.71 bits per heavy atom. The fourth-order valence-electron chi connectivity index (χ4n) is 4.78. The minimum absolute atomic E-state index is 0.0965. The van der Waals surface area contributed by atoms with Crippen molar-refractivity contribution in [1.82, 2.24) is 44.7 Å². The summed E-state index contributed by atoms with van der Waals surface area (Å²) in [6.45, 7) is 0.438. The number of fused-ring (bicyclic) bond motifs is 1. The summed E-state index contributed by atoms with van der Waals surface area (Å²) in [6.07, 6.45) is 1.39. The molecule has 1 saturated heterocycles. The predicted molar refractivity (Wildman–Crippen MR) is 145 cm³/mol. The van der Waals surface area contributed by atoms with Crippen LogP contribution in [0.5, 0.6) is 5.75 Å². The van der Waals surface area contributed by atoms with E-state index >= 15 is 0 Å². The lowest BCUT2D eigenvalue weighted by atomic mass is 10.1. The summed E-state index contributed by atoms with van der Waals surface area (Å²) < 4.78 is 41.7. The third-order valence-electron chi connectivity index (χ3n) is 6.56. The van der Waals surface area contributed by atoms with Gasteiger partial charge in [0.15, 0.2) is 28.7 Å². The van der Waals surface area contributed by atoms with Gasteiger partial charge < -0.3 is 20.1 Å². The molecule has 6 rings (SSSR count). The van der Waals surface area contributed by atoms with Crippen LogP contribution >= 0.6 is 0 Å². The third kappa shape index (κ3) is 5.12. The van der Waals surface area contributed by atoms with E-state index in [1.807, 2.05) is 6.07 Å².